The molecule has 1 aromatic rings. The summed E-state index contributed by atoms with van der Waals surface area (Å²) in [7, 11) is 2.20. The molecule has 1 aromatic carbocycles. The molecule has 0 amide bonds. The third-order valence-electron chi connectivity index (χ3n) is 3.98. The molecular weight excluding hydrogens is 224 g/mol. The number of hydrogen-bond donors (Lipinski definition) is 1. The molecule has 2 aliphatic heterocycles. The van der Waals surface area contributed by atoms with Crippen LogP contribution in [-0.4, -0.2) is 36.7 Å². The van der Waals surface area contributed by atoms with Gasteiger partial charge in [0.25, 0.3) is 0 Å². The number of likely N-dealkylation sites (N-methyl/N-ethyl adjacent to an activating group) is 1. The van der Waals surface area contributed by atoms with Gasteiger partial charge in [-0.3, -0.25) is 4.90 Å². The number of hydrogen-bond acceptors (Lipinski definition) is 3. The molecule has 1 N–H and O–H groups in total. The summed E-state index contributed by atoms with van der Waals surface area (Å²) >= 11 is 0. The zero-order chi connectivity index (χ0) is 12.8. The molecule has 0 aromatic heterocycles. The van der Waals surface area contributed by atoms with E-state index in [9.17, 15) is 0 Å². The van der Waals surface area contributed by atoms with Gasteiger partial charge in [0.05, 0.1) is 0 Å². The molecule has 3 heteroatoms. The molecule has 2 heterocycles. The maximum Gasteiger partial charge on any atom is 0.127 e. The Labute approximate surface area is 109 Å². The van der Waals surface area contributed by atoms with E-state index in [0.717, 1.165) is 31.8 Å². The molecule has 0 aliphatic carbocycles. The summed E-state index contributed by atoms with van der Waals surface area (Å²) in [4.78, 5) is 2.42. The standard InChI is InChI=1S/C15H22N2O/c1-15(2)7-11-5-4-6-12(14(11)18-15)10-17(3)13-8-16-9-13/h4-6,13,16H,7-10H2,1-3H3. The van der Waals surface area contributed by atoms with Crippen LogP contribution in [-0.2, 0) is 13.0 Å². The van der Waals surface area contributed by atoms with Crippen molar-refractivity contribution in [3.05, 3.63) is 29.3 Å². The third-order valence-corrected chi connectivity index (χ3v) is 3.98. The highest BCUT2D eigenvalue weighted by Gasteiger charge is 2.32. The summed E-state index contributed by atoms with van der Waals surface area (Å²) in [6.07, 6.45) is 1.02. The summed E-state index contributed by atoms with van der Waals surface area (Å²) in [6, 6.07) is 7.22. The SMILES string of the molecule is CN(Cc1cccc2c1OC(C)(C)C2)C1CNC1. The Hall–Kier alpha value is -1.06. The van der Waals surface area contributed by atoms with Crippen molar-refractivity contribution in [3.63, 3.8) is 0 Å². The highest BCUT2D eigenvalue weighted by Crippen LogP contribution is 2.38. The summed E-state index contributed by atoms with van der Waals surface area (Å²) < 4.78 is 6.12. The minimum absolute atomic E-state index is 0.0466. The molecule has 0 saturated carbocycles. The predicted molar refractivity (Wildman–Crippen MR) is 73.0 cm³/mol. The van der Waals surface area contributed by atoms with Gasteiger partial charge in [0.15, 0.2) is 0 Å². The fourth-order valence-electron chi connectivity index (χ4n) is 2.79. The number of nitrogens with zero attached hydrogens (tertiary/aromatic N) is 1. The topological polar surface area (TPSA) is 24.5 Å². The van der Waals surface area contributed by atoms with Gasteiger partial charge in [0.1, 0.15) is 11.4 Å². The van der Waals surface area contributed by atoms with Crippen molar-refractivity contribution in [2.75, 3.05) is 20.1 Å². The van der Waals surface area contributed by atoms with Crippen molar-refractivity contribution in [2.45, 2.75) is 38.5 Å². The van der Waals surface area contributed by atoms with Gasteiger partial charge in [-0.25, -0.2) is 0 Å². The van der Waals surface area contributed by atoms with Crippen LogP contribution >= 0.6 is 0 Å². The highest BCUT2D eigenvalue weighted by atomic mass is 16.5. The van der Waals surface area contributed by atoms with Crippen molar-refractivity contribution >= 4 is 0 Å². The Kier molecular flexibility index (Phi) is 2.83. The van der Waals surface area contributed by atoms with E-state index in [4.69, 9.17) is 4.74 Å². The van der Waals surface area contributed by atoms with E-state index >= 15 is 0 Å². The van der Waals surface area contributed by atoms with E-state index in [1.807, 2.05) is 0 Å². The zero-order valence-electron chi connectivity index (χ0n) is 11.5. The molecule has 0 atom stereocenters. The lowest BCUT2D eigenvalue weighted by Crippen LogP contribution is -2.55. The smallest absolute Gasteiger partial charge is 0.127 e. The molecule has 0 bridgehead atoms. The van der Waals surface area contributed by atoms with E-state index in [2.05, 4.69) is 49.3 Å². The number of para-hydroxylation sites is 1. The van der Waals surface area contributed by atoms with E-state index in [1.54, 1.807) is 0 Å². The van der Waals surface area contributed by atoms with Gasteiger partial charge >= 0.3 is 0 Å². The molecule has 1 fully saturated rings. The lowest BCUT2D eigenvalue weighted by Gasteiger charge is -2.35. The molecule has 1 saturated heterocycles. The Morgan fingerprint density at radius 3 is 2.83 bits per heavy atom. The second-order valence-corrected chi connectivity index (χ2v) is 6.17. The minimum atomic E-state index is -0.0466. The van der Waals surface area contributed by atoms with Crippen LogP contribution in [0, 0.1) is 0 Å². The monoisotopic (exact) mass is 246 g/mol. The van der Waals surface area contributed by atoms with Crippen LogP contribution in [0.2, 0.25) is 0 Å². The molecule has 3 nitrogen and oxygen atoms in total. The predicted octanol–water partition coefficient (Wildman–Crippen LogP) is 1.80. The van der Waals surface area contributed by atoms with E-state index < -0.39 is 0 Å². The molecule has 0 radical (unpaired) electrons. The first-order valence-electron chi connectivity index (χ1n) is 6.76. The van der Waals surface area contributed by atoms with Gasteiger partial charge < -0.3 is 10.1 Å². The van der Waals surface area contributed by atoms with Gasteiger partial charge in [-0.15, -0.1) is 0 Å². The summed E-state index contributed by atoms with van der Waals surface area (Å²) in [5.41, 5.74) is 2.64. The van der Waals surface area contributed by atoms with Crippen LogP contribution in [0.15, 0.2) is 18.2 Å². The second kappa shape index (κ2) is 4.25. The van der Waals surface area contributed by atoms with Gasteiger partial charge in [0, 0.05) is 37.7 Å². The van der Waals surface area contributed by atoms with Gasteiger partial charge in [-0.2, -0.15) is 0 Å². The van der Waals surface area contributed by atoms with Crippen LogP contribution in [0.4, 0.5) is 0 Å². The average Bonchev–Trinajstić information content (AvgIpc) is 2.50. The first-order chi connectivity index (χ1) is 8.55. The van der Waals surface area contributed by atoms with Crippen LogP contribution in [0.1, 0.15) is 25.0 Å². The molecule has 0 unspecified atom stereocenters. The summed E-state index contributed by atoms with van der Waals surface area (Å²) in [5.74, 6) is 1.13. The lowest BCUT2D eigenvalue weighted by atomic mass is 10.00. The van der Waals surface area contributed by atoms with Crippen molar-refractivity contribution in [1.82, 2.24) is 10.2 Å². The maximum atomic E-state index is 6.12. The van der Waals surface area contributed by atoms with Gasteiger partial charge in [-0.1, -0.05) is 18.2 Å². The number of benzene rings is 1. The average molecular weight is 246 g/mol. The van der Waals surface area contributed by atoms with Crippen LogP contribution in [0.5, 0.6) is 5.75 Å². The lowest BCUT2D eigenvalue weighted by molar-refractivity contribution is 0.132. The van der Waals surface area contributed by atoms with Gasteiger partial charge in [-0.05, 0) is 26.5 Å². The fraction of sp³-hybridized carbons (Fsp3) is 0.600. The Morgan fingerprint density at radius 1 is 1.39 bits per heavy atom. The van der Waals surface area contributed by atoms with Crippen LogP contribution < -0.4 is 10.1 Å². The van der Waals surface area contributed by atoms with Crippen molar-refractivity contribution < 1.29 is 4.74 Å². The number of rotatable bonds is 3. The molecule has 3 rings (SSSR count). The van der Waals surface area contributed by atoms with Crippen molar-refractivity contribution in [2.24, 2.45) is 0 Å². The maximum absolute atomic E-state index is 6.12. The Morgan fingerprint density at radius 2 is 2.17 bits per heavy atom. The molecule has 98 valence electrons. The fourth-order valence-corrected chi connectivity index (χ4v) is 2.79. The first-order valence-corrected chi connectivity index (χ1v) is 6.76. The molecule has 18 heavy (non-hydrogen) atoms. The second-order valence-electron chi connectivity index (χ2n) is 6.17. The quantitative estimate of drug-likeness (QED) is 0.880. The summed E-state index contributed by atoms with van der Waals surface area (Å²) in [6.45, 7) is 7.52. The van der Waals surface area contributed by atoms with E-state index in [-0.39, 0.29) is 5.60 Å². The Balaban J connectivity index is 1.79. The number of ether oxygens (including phenoxy) is 1. The third kappa shape index (κ3) is 2.13. The Bertz CT molecular complexity index is 452. The number of nitrogens with one attached hydrogen (secondary N) is 1. The zero-order valence-corrected chi connectivity index (χ0v) is 11.5. The van der Waals surface area contributed by atoms with E-state index in [0.29, 0.717) is 6.04 Å². The number of fused-ring (bicyclic) bond motifs is 1. The first kappa shape index (κ1) is 12.0. The van der Waals surface area contributed by atoms with E-state index in [1.165, 1.54) is 11.1 Å². The van der Waals surface area contributed by atoms with Crippen LogP contribution in [0.3, 0.4) is 0 Å². The molecule has 2 aliphatic rings. The minimum Gasteiger partial charge on any atom is -0.487 e. The molecular formula is C15H22N2O. The van der Waals surface area contributed by atoms with Gasteiger partial charge in [0.2, 0.25) is 0 Å². The van der Waals surface area contributed by atoms with Crippen LogP contribution in [0.25, 0.3) is 0 Å². The largest absolute Gasteiger partial charge is 0.487 e. The normalized spacial score (nSPS) is 21.6. The van der Waals surface area contributed by atoms with Crippen molar-refractivity contribution in [1.29, 1.82) is 0 Å². The molecule has 0 spiro atoms. The van der Waals surface area contributed by atoms with Crippen molar-refractivity contribution in [3.8, 4) is 5.75 Å². The highest BCUT2D eigenvalue weighted by molar-refractivity contribution is 5.45. The summed E-state index contributed by atoms with van der Waals surface area (Å²) in [5, 5.41) is 3.32.